The van der Waals surface area contributed by atoms with Crippen LogP contribution in [-0.4, -0.2) is 40.8 Å². The molecule has 0 bridgehead atoms. The van der Waals surface area contributed by atoms with E-state index in [9.17, 15) is 0 Å². The van der Waals surface area contributed by atoms with Gasteiger partial charge in [-0.15, -0.1) is 10.2 Å². The molecule has 1 aromatic heterocycles. The maximum Gasteiger partial charge on any atom is 0.205 e. The van der Waals surface area contributed by atoms with Crippen LogP contribution in [0.2, 0.25) is 0 Å². The van der Waals surface area contributed by atoms with Gasteiger partial charge < -0.3 is 10.2 Å². The van der Waals surface area contributed by atoms with Gasteiger partial charge >= 0.3 is 0 Å². The van der Waals surface area contributed by atoms with Gasteiger partial charge in [-0.3, -0.25) is 0 Å². The summed E-state index contributed by atoms with van der Waals surface area (Å²) >= 11 is 1.63. The van der Waals surface area contributed by atoms with Crippen molar-refractivity contribution in [2.45, 2.75) is 32.4 Å². The van der Waals surface area contributed by atoms with Gasteiger partial charge in [0, 0.05) is 18.6 Å². The normalized spacial score (nSPS) is 28.2. The molecule has 0 saturated carbocycles. The fraction of sp³-hybridized carbons (Fsp3) is 0.778. The minimum absolute atomic E-state index is 0.530. The van der Waals surface area contributed by atoms with E-state index in [-0.39, 0.29) is 0 Å². The summed E-state index contributed by atoms with van der Waals surface area (Å²) in [5.74, 6) is 0. The molecular weight excluding hydrogens is 196 g/mol. The predicted molar refractivity (Wildman–Crippen MR) is 58.8 cm³/mol. The maximum atomic E-state index is 4.07. The molecule has 0 aliphatic carbocycles. The lowest BCUT2D eigenvalue weighted by atomic mass is 10.2. The minimum atomic E-state index is 0.530. The zero-order valence-corrected chi connectivity index (χ0v) is 9.64. The summed E-state index contributed by atoms with van der Waals surface area (Å²) in [5.41, 5.74) is 0. The number of nitrogens with one attached hydrogen (secondary N) is 1. The predicted octanol–water partition coefficient (Wildman–Crippen LogP) is 1.35. The number of likely N-dealkylation sites (tertiary alicyclic amines) is 1. The van der Waals surface area contributed by atoms with Crippen molar-refractivity contribution in [3.63, 3.8) is 0 Å². The number of hydrogen-bond donors (Lipinski definition) is 1. The van der Waals surface area contributed by atoms with E-state index < -0.39 is 0 Å². The van der Waals surface area contributed by atoms with E-state index in [0.29, 0.717) is 12.1 Å². The smallest absolute Gasteiger partial charge is 0.205 e. The first-order chi connectivity index (χ1) is 6.65. The van der Waals surface area contributed by atoms with Gasteiger partial charge in [0.25, 0.3) is 0 Å². The average molecular weight is 212 g/mol. The Kier molecular flexibility index (Phi) is 2.69. The molecule has 2 rings (SSSR count). The molecule has 1 fully saturated rings. The SMILES string of the molecule is Cc1nnc(NC2CC(C)N(C)C2)s1. The second-order valence-corrected chi connectivity index (χ2v) is 5.17. The lowest BCUT2D eigenvalue weighted by Gasteiger charge is -2.12. The molecule has 0 radical (unpaired) electrons. The van der Waals surface area contributed by atoms with Gasteiger partial charge in [-0.1, -0.05) is 11.3 Å². The number of rotatable bonds is 2. The Morgan fingerprint density at radius 2 is 2.29 bits per heavy atom. The number of likely N-dealkylation sites (N-methyl/N-ethyl adjacent to an activating group) is 1. The fourth-order valence-electron chi connectivity index (χ4n) is 1.83. The molecule has 4 nitrogen and oxygen atoms in total. The quantitative estimate of drug-likeness (QED) is 0.803. The van der Waals surface area contributed by atoms with Crippen molar-refractivity contribution in [2.24, 2.45) is 0 Å². The number of anilines is 1. The summed E-state index contributed by atoms with van der Waals surface area (Å²) in [6.45, 7) is 5.33. The minimum Gasteiger partial charge on any atom is -0.356 e. The van der Waals surface area contributed by atoms with Crippen molar-refractivity contribution < 1.29 is 0 Å². The zero-order valence-electron chi connectivity index (χ0n) is 8.82. The lowest BCUT2D eigenvalue weighted by Crippen LogP contribution is -2.24. The Morgan fingerprint density at radius 1 is 1.50 bits per heavy atom. The first kappa shape index (κ1) is 9.86. The largest absolute Gasteiger partial charge is 0.356 e. The Morgan fingerprint density at radius 3 is 2.79 bits per heavy atom. The Bertz CT molecular complexity index is 302. The van der Waals surface area contributed by atoms with Crippen molar-refractivity contribution in [1.29, 1.82) is 0 Å². The van der Waals surface area contributed by atoms with Gasteiger partial charge in [0.2, 0.25) is 5.13 Å². The standard InChI is InChI=1S/C9H16N4S/c1-6-4-8(5-13(6)3)10-9-12-11-7(2)14-9/h6,8H,4-5H2,1-3H3,(H,10,12). The van der Waals surface area contributed by atoms with Crippen molar-refractivity contribution in [3.05, 3.63) is 5.01 Å². The molecule has 1 N–H and O–H groups in total. The van der Waals surface area contributed by atoms with Crippen LogP contribution in [0, 0.1) is 6.92 Å². The highest BCUT2D eigenvalue weighted by atomic mass is 32.1. The molecule has 2 atom stereocenters. The lowest BCUT2D eigenvalue weighted by molar-refractivity contribution is 0.330. The van der Waals surface area contributed by atoms with Crippen LogP contribution in [0.1, 0.15) is 18.4 Å². The Labute approximate surface area is 88.3 Å². The summed E-state index contributed by atoms with van der Waals surface area (Å²) in [7, 11) is 2.16. The highest BCUT2D eigenvalue weighted by molar-refractivity contribution is 7.15. The van der Waals surface area contributed by atoms with Crippen molar-refractivity contribution >= 4 is 16.5 Å². The first-order valence-corrected chi connectivity index (χ1v) is 5.73. The Balaban J connectivity index is 1.93. The van der Waals surface area contributed by atoms with Crippen LogP contribution < -0.4 is 5.32 Å². The van der Waals surface area contributed by atoms with E-state index >= 15 is 0 Å². The fourth-order valence-corrected chi connectivity index (χ4v) is 2.50. The highest BCUT2D eigenvalue weighted by Gasteiger charge is 2.26. The van der Waals surface area contributed by atoms with Crippen LogP contribution in [0.3, 0.4) is 0 Å². The molecule has 78 valence electrons. The molecule has 0 aromatic carbocycles. The van der Waals surface area contributed by atoms with Crippen molar-refractivity contribution in [2.75, 3.05) is 18.9 Å². The first-order valence-electron chi connectivity index (χ1n) is 4.92. The highest BCUT2D eigenvalue weighted by Crippen LogP contribution is 2.21. The summed E-state index contributed by atoms with van der Waals surface area (Å²) < 4.78 is 0. The molecule has 0 amide bonds. The molecule has 2 heterocycles. The third-order valence-corrected chi connectivity index (χ3v) is 3.51. The van der Waals surface area contributed by atoms with E-state index in [1.165, 1.54) is 6.42 Å². The molecule has 5 heteroatoms. The van der Waals surface area contributed by atoms with E-state index in [1.807, 2.05) is 6.92 Å². The van der Waals surface area contributed by atoms with Gasteiger partial charge in [-0.05, 0) is 27.3 Å². The summed E-state index contributed by atoms with van der Waals surface area (Å²) in [6.07, 6.45) is 1.19. The molecule has 1 aliphatic heterocycles. The van der Waals surface area contributed by atoms with E-state index in [1.54, 1.807) is 11.3 Å². The monoisotopic (exact) mass is 212 g/mol. The summed E-state index contributed by atoms with van der Waals surface area (Å²) in [4.78, 5) is 2.37. The van der Waals surface area contributed by atoms with Gasteiger partial charge in [-0.2, -0.15) is 0 Å². The average Bonchev–Trinajstić information content (AvgIpc) is 2.62. The third kappa shape index (κ3) is 2.04. The van der Waals surface area contributed by atoms with Gasteiger partial charge in [0.1, 0.15) is 5.01 Å². The van der Waals surface area contributed by atoms with Crippen LogP contribution in [0.15, 0.2) is 0 Å². The molecular formula is C9H16N4S. The van der Waals surface area contributed by atoms with E-state index in [0.717, 1.165) is 16.7 Å². The zero-order chi connectivity index (χ0) is 10.1. The van der Waals surface area contributed by atoms with E-state index in [2.05, 4.69) is 34.4 Å². The number of aryl methyl sites for hydroxylation is 1. The molecule has 1 aromatic rings. The maximum absolute atomic E-state index is 4.07. The number of hydrogen-bond acceptors (Lipinski definition) is 5. The summed E-state index contributed by atoms with van der Waals surface area (Å²) in [6, 6.07) is 1.20. The van der Waals surface area contributed by atoms with Crippen LogP contribution in [-0.2, 0) is 0 Å². The number of aromatic nitrogens is 2. The van der Waals surface area contributed by atoms with Crippen LogP contribution in [0.25, 0.3) is 0 Å². The molecule has 1 saturated heterocycles. The number of nitrogens with zero attached hydrogens (tertiary/aromatic N) is 3. The van der Waals surface area contributed by atoms with Crippen molar-refractivity contribution in [1.82, 2.24) is 15.1 Å². The second-order valence-electron chi connectivity index (χ2n) is 3.99. The van der Waals surface area contributed by atoms with Crippen LogP contribution in [0.4, 0.5) is 5.13 Å². The van der Waals surface area contributed by atoms with E-state index in [4.69, 9.17) is 0 Å². The summed E-state index contributed by atoms with van der Waals surface area (Å²) in [5, 5.41) is 13.5. The molecule has 0 spiro atoms. The topological polar surface area (TPSA) is 41.1 Å². The van der Waals surface area contributed by atoms with Gasteiger partial charge in [0.15, 0.2) is 0 Å². The van der Waals surface area contributed by atoms with Crippen molar-refractivity contribution in [3.8, 4) is 0 Å². The van der Waals surface area contributed by atoms with Gasteiger partial charge in [0.05, 0.1) is 0 Å². The molecule has 1 aliphatic rings. The Hall–Kier alpha value is -0.680. The second kappa shape index (κ2) is 3.82. The third-order valence-electron chi connectivity index (χ3n) is 2.74. The van der Waals surface area contributed by atoms with Gasteiger partial charge in [-0.25, -0.2) is 0 Å². The van der Waals surface area contributed by atoms with Crippen LogP contribution in [0.5, 0.6) is 0 Å². The molecule has 14 heavy (non-hydrogen) atoms. The molecule has 2 unspecified atom stereocenters. The van der Waals surface area contributed by atoms with Crippen LogP contribution >= 0.6 is 11.3 Å².